The number of anilines is 1. The molecule has 2 aromatic rings. The molecule has 0 aliphatic heterocycles. The van der Waals surface area contributed by atoms with Crippen LogP contribution in [0.25, 0.3) is 0 Å². The molecule has 2 rings (SSSR count). The minimum absolute atomic E-state index is 0.260. The number of rotatable bonds is 2. The van der Waals surface area contributed by atoms with Crippen molar-refractivity contribution in [3.63, 3.8) is 0 Å². The van der Waals surface area contributed by atoms with E-state index in [1.165, 1.54) is 10.8 Å². The molecule has 0 unspecified atom stereocenters. The molecule has 16 heavy (non-hydrogen) atoms. The van der Waals surface area contributed by atoms with Crippen LogP contribution >= 0.6 is 11.6 Å². The number of aromatic nitrogens is 3. The van der Waals surface area contributed by atoms with Crippen molar-refractivity contribution >= 4 is 17.4 Å². The number of halogens is 1. The highest BCUT2D eigenvalue weighted by Gasteiger charge is 2.04. The Morgan fingerprint density at radius 1 is 1.44 bits per heavy atom. The molecule has 0 atom stereocenters. The third-order valence-electron chi connectivity index (χ3n) is 2.04. The zero-order chi connectivity index (χ0) is 11.5. The maximum absolute atomic E-state index is 11.4. The third kappa shape index (κ3) is 2.20. The van der Waals surface area contributed by atoms with E-state index in [0.717, 1.165) is 0 Å². The predicted molar refractivity (Wildman–Crippen MR) is 61.3 cm³/mol. The van der Waals surface area contributed by atoms with E-state index in [1.54, 1.807) is 24.4 Å². The van der Waals surface area contributed by atoms with Crippen LogP contribution in [0, 0.1) is 0 Å². The number of nitrogens with zero attached hydrogens (tertiary/aromatic N) is 3. The van der Waals surface area contributed by atoms with Crippen LogP contribution in [0.4, 0.5) is 5.82 Å². The second kappa shape index (κ2) is 4.32. The fourth-order valence-corrected chi connectivity index (χ4v) is 1.45. The summed E-state index contributed by atoms with van der Waals surface area (Å²) in [6.07, 6.45) is 3.06. The van der Waals surface area contributed by atoms with E-state index in [4.69, 9.17) is 17.3 Å². The zero-order valence-electron chi connectivity index (χ0n) is 8.30. The summed E-state index contributed by atoms with van der Waals surface area (Å²) in [5, 5.41) is 0.477. The number of hydrogen-bond acceptors (Lipinski definition) is 4. The van der Waals surface area contributed by atoms with Gasteiger partial charge in [0.15, 0.2) is 0 Å². The predicted octanol–water partition coefficient (Wildman–Crippen LogP) is 0.922. The smallest absolute Gasteiger partial charge is 0.347 e. The highest BCUT2D eigenvalue weighted by molar-refractivity contribution is 6.31. The van der Waals surface area contributed by atoms with E-state index in [1.807, 2.05) is 0 Å². The Hall–Kier alpha value is -1.88. The van der Waals surface area contributed by atoms with E-state index in [-0.39, 0.29) is 12.2 Å². The van der Waals surface area contributed by atoms with Crippen molar-refractivity contribution in [3.05, 3.63) is 51.8 Å². The molecule has 0 saturated heterocycles. The quantitative estimate of drug-likeness (QED) is 0.842. The molecular weight excluding hydrogens is 228 g/mol. The van der Waals surface area contributed by atoms with Gasteiger partial charge in [-0.2, -0.15) is 0 Å². The zero-order valence-corrected chi connectivity index (χ0v) is 9.05. The SMILES string of the molecule is Nc1ccc(Cl)c(Cn2cccnc2=O)n1. The molecule has 2 aromatic heterocycles. The standard InChI is InChI=1S/C10H9ClN4O/c11-7-2-3-9(12)14-8(7)6-15-5-1-4-13-10(15)16/h1-5H,6H2,(H2,12,14). The van der Waals surface area contributed by atoms with E-state index in [2.05, 4.69) is 9.97 Å². The van der Waals surface area contributed by atoms with Crippen LogP contribution in [0.2, 0.25) is 5.02 Å². The van der Waals surface area contributed by atoms with Gasteiger partial charge in [0.1, 0.15) is 5.82 Å². The van der Waals surface area contributed by atoms with Crippen molar-refractivity contribution in [3.8, 4) is 0 Å². The Morgan fingerprint density at radius 3 is 3.00 bits per heavy atom. The van der Waals surface area contributed by atoms with Gasteiger partial charge in [-0.05, 0) is 18.2 Å². The molecule has 5 nitrogen and oxygen atoms in total. The Kier molecular flexibility index (Phi) is 2.87. The van der Waals surface area contributed by atoms with Crippen LogP contribution in [0.1, 0.15) is 5.69 Å². The molecule has 0 radical (unpaired) electrons. The van der Waals surface area contributed by atoms with Crippen molar-refractivity contribution in [2.75, 3.05) is 5.73 Å². The number of nitrogen functional groups attached to an aromatic ring is 1. The van der Waals surface area contributed by atoms with Crippen molar-refractivity contribution in [1.82, 2.24) is 14.5 Å². The minimum Gasteiger partial charge on any atom is -0.384 e. The summed E-state index contributed by atoms with van der Waals surface area (Å²) >= 11 is 5.94. The minimum atomic E-state index is -0.345. The molecule has 0 spiro atoms. The maximum atomic E-state index is 11.4. The molecular formula is C10H9ClN4O. The normalized spacial score (nSPS) is 10.3. The maximum Gasteiger partial charge on any atom is 0.347 e. The van der Waals surface area contributed by atoms with E-state index in [0.29, 0.717) is 16.5 Å². The first-order chi connectivity index (χ1) is 7.66. The number of pyridine rings is 1. The van der Waals surface area contributed by atoms with Gasteiger partial charge in [0.25, 0.3) is 0 Å². The number of hydrogen-bond donors (Lipinski definition) is 1. The van der Waals surface area contributed by atoms with E-state index >= 15 is 0 Å². The van der Waals surface area contributed by atoms with E-state index < -0.39 is 0 Å². The lowest BCUT2D eigenvalue weighted by Crippen LogP contribution is -2.22. The molecule has 0 saturated carbocycles. The lowest BCUT2D eigenvalue weighted by molar-refractivity contribution is 0.712. The average molecular weight is 237 g/mol. The summed E-state index contributed by atoms with van der Waals surface area (Å²) in [7, 11) is 0. The summed E-state index contributed by atoms with van der Waals surface area (Å²) < 4.78 is 1.41. The summed E-state index contributed by atoms with van der Waals surface area (Å²) in [5.74, 6) is 0.372. The van der Waals surface area contributed by atoms with E-state index in [9.17, 15) is 4.79 Å². The molecule has 2 heterocycles. The van der Waals surface area contributed by atoms with Gasteiger partial charge in [0.05, 0.1) is 17.3 Å². The van der Waals surface area contributed by atoms with Crippen LogP contribution in [0.5, 0.6) is 0 Å². The molecule has 0 aromatic carbocycles. The number of nitrogens with two attached hydrogens (primary N) is 1. The van der Waals surface area contributed by atoms with Crippen molar-refractivity contribution in [2.24, 2.45) is 0 Å². The molecule has 0 fully saturated rings. The fourth-order valence-electron chi connectivity index (χ4n) is 1.28. The van der Waals surface area contributed by atoms with Crippen LogP contribution < -0.4 is 11.4 Å². The van der Waals surface area contributed by atoms with Gasteiger partial charge in [0, 0.05) is 12.4 Å². The summed E-state index contributed by atoms with van der Waals surface area (Å²) in [4.78, 5) is 19.1. The summed E-state index contributed by atoms with van der Waals surface area (Å²) in [5.41, 5.74) is 5.75. The molecule has 0 aliphatic carbocycles. The Morgan fingerprint density at radius 2 is 2.25 bits per heavy atom. The van der Waals surface area contributed by atoms with Crippen molar-refractivity contribution in [1.29, 1.82) is 0 Å². The van der Waals surface area contributed by atoms with Crippen molar-refractivity contribution < 1.29 is 0 Å². The monoisotopic (exact) mass is 236 g/mol. The molecule has 6 heteroatoms. The van der Waals surface area contributed by atoms with Gasteiger partial charge in [-0.15, -0.1) is 0 Å². The van der Waals surface area contributed by atoms with Gasteiger partial charge in [0.2, 0.25) is 0 Å². The molecule has 0 bridgehead atoms. The van der Waals surface area contributed by atoms with Crippen LogP contribution in [0.15, 0.2) is 35.4 Å². The first kappa shape index (κ1) is 10.6. The van der Waals surface area contributed by atoms with Crippen LogP contribution in [-0.2, 0) is 6.54 Å². The Balaban J connectivity index is 2.38. The molecule has 0 amide bonds. The Labute approximate surface area is 96.5 Å². The second-order valence-electron chi connectivity index (χ2n) is 3.19. The van der Waals surface area contributed by atoms with Crippen LogP contribution in [-0.4, -0.2) is 14.5 Å². The Bertz CT molecular complexity index is 567. The first-order valence-corrected chi connectivity index (χ1v) is 4.97. The van der Waals surface area contributed by atoms with Gasteiger partial charge < -0.3 is 5.73 Å². The van der Waals surface area contributed by atoms with Gasteiger partial charge in [-0.1, -0.05) is 11.6 Å². The molecule has 2 N–H and O–H groups in total. The average Bonchev–Trinajstić information content (AvgIpc) is 2.27. The summed E-state index contributed by atoms with van der Waals surface area (Å²) in [6, 6.07) is 4.93. The van der Waals surface area contributed by atoms with Gasteiger partial charge in [-0.3, -0.25) is 4.57 Å². The topological polar surface area (TPSA) is 73.8 Å². The van der Waals surface area contributed by atoms with Gasteiger partial charge in [-0.25, -0.2) is 14.8 Å². The largest absolute Gasteiger partial charge is 0.384 e. The summed E-state index contributed by atoms with van der Waals surface area (Å²) in [6.45, 7) is 0.260. The van der Waals surface area contributed by atoms with Crippen molar-refractivity contribution in [2.45, 2.75) is 6.54 Å². The lowest BCUT2D eigenvalue weighted by Gasteiger charge is -2.06. The first-order valence-electron chi connectivity index (χ1n) is 4.59. The highest BCUT2D eigenvalue weighted by atomic mass is 35.5. The highest BCUT2D eigenvalue weighted by Crippen LogP contribution is 2.15. The van der Waals surface area contributed by atoms with Crippen LogP contribution in [0.3, 0.4) is 0 Å². The fraction of sp³-hybridized carbons (Fsp3) is 0.100. The van der Waals surface area contributed by atoms with Gasteiger partial charge >= 0.3 is 5.69 Å². The second-order valence-corrected chi connectivity index (χ2v) is 3.60. The lowest BCUT2D eigenvalue weighted by atomic mass is 10.3. The molecule has 0 aliphatic rings. The molecule has 82 valence electrons. The third-order valence-corrected chi connectivity index (χ3v) is 2.39.